The van der Waals surface area contributed by atoms with Gasteiger partial charge in [0.2, 0.25) is 5.82 Å². The lowest BCUT2D eigenvalue weighted by atomic mass is 10.1. The lowest BCUT2D eigenvalue weighted by Crippen LogP contribution is -2.20. The highest BCUT2D eigenvalue weighted by molar-refractivity contribution is 7.10. The van der Waals surface area contributed by atoms with Crippen LogP contribution in [0.4, 0.5) is 10.1 Å². The molecule has 0 bridgehead atoms. The zero-order chi connectivity index (χ0) is 15.2. The predicted molar refractivity (Wildman–Crippen MR) is 81.9 cm³/mol. The van der Waals surface area contributed by atoms with Crippen LogP contribution in [0.3, 0.4) is 0 Å². The predicted octanol–water partition coefficient (Wildman–Crippen LogP) is 4.43. The van der Waals surface area contributed by atoms with Crippen LogP contribution in [0.1, 0.15) is 36.2 Å². The van der Waals surface area contributed by atoms with E-state index < -0.39 is 16.4 Å². The molecule has 2 rings (SSSR count). The molecule has 112 valence electrons. The van der Waals surface area contributed by atoms with E-state index in [0.29, 0.717) is 5.56 Å². The number of benzene rings is 1. The van der Waals surface area contributed by atoms with Gasteiger partial charge in [0, 0.05) is 29.1 Å². The first-order valence-electron chi connectivity index (χ1n) is 6.82. The van der Waals surface area contributed by atoms with Crippen molar-refractivity contribution in [2.75, 3.05) is 0 Å². The van der Waals surface area contributed by atoms with Gasteiger partial charge < -0.3 is 5.32 Å². The molecule has 0 amide bonds. The zero-order valence-electron chi connectivity index (χ0n) is 11.7. The molecule has 4 nitrogen and oxygen atoms in total. The average Bonchev–Trinajstić information content (AvgIpc) is 2.98. The summed E-state index contributed by atoms with van der Waals surface area (Å²) in [6, 6.07) is 8.45. The van der Waals surface area contributed by atoms with Crippen molar-refractivity contribution < 1.29 is 9.31 Å². The largest absolute Gasteiger partial charge is 0.305 e. The Morgan fingerprint density at radius 2 is 2.19 bits per heavy atom. The summed E-state index contributed by atoms with van der Waals surface area (Å²) in [7, 11) is 0. The summed E-state index contributed by atoms with van der Waals surface area (Å²) >= 11 is 1.65. The molecule has 0 radical (unpaired) electrons. The van der Waals surface area contributed by atoms with E-state index in [0.717, 1.165) is 12.8 Å². The first-order chi connectivity index (χ1) is 10.1. The molecule has 1 N–H and O–H groups in total. The van der Waals surface area contributed by atoms with Crippen molar-refractivity contribution in [2.45, 2.75) is 32.4 Å². The molecule has 0 aliphatic carbocycles. The molecule has 1 aromatic heterocycles. The van der Waals surface area contributed by atoms with Gasteiger partial charge >= 0.3 is 5.69 Å². The SMILES string of the molecule is CCCC(NCc1cccc([N+](=O)[O-])c1F)c1cccs1. The van der Waals surface area contributed by atoms with Gasteiger partial charge in [-0.05, 0) is 17.9 Å². The Bertz CT molecular complexity index is 602. The van der Waals surface area contributed by atoms with E-state index in [-0.39, 0.29) is 12.6 Å². The molecule has 1 heterocycles. The van der Waals surface area contributed by atoms with Crippen molar-refractivity contribution in [3.05, 3.63) is 62.1 Å². The van der Waals surface area contributed by atoms with Crippen molar-refractivity contribution in [1.29, 1.82) is 0 Å². The van der Waals surface area contributed by atoms with Gasteiger partial charge in [-0.1, -0.05) is 31.5 Å². The first kappa shape index (κ1) is 15.6. The second-order valence-electron chi connectivity index (χ2n) is 4.74. The van der Waals surface area contributed by atoms with Crippen LogP contribution in [0.25, 0.3) is 0 Å². The summed E-state index contributed by atoms with van der Waals surface area (Å²) in [5, 5.41) is 16.0. The van der Waals surface area contributed by atoms with Crippen LogP contribution in [-0.2, 0) is 6.54 Å². The number of halogens is 1. The summed E-state index contributed by atoms with van der Waals surface area (Å²) in [4.78, 5) is 11.3. The van der Waals surface area contributed by atoms with Crippen molar-refractivity contribution in [3.63, 3.8) is 0 Å². The second kappa shape index (κ2) is 7.28. The molecular weight excluding hydrogens is 291 g/mol. The Balaban J connectivity index is 2.11. The number of nitro groups is 1. The maximum atomic E-state index is 14.0. The second-order valence-corrected chi connectivity index (χ2v) is 5.72. The third-order valence-electron chi connectivity index (χ3n) is 3.26. The van der Waals surface area contributed by atoms with Gasteiger partial charge in [-0.3, -0.25) is 10.1 Å². The van der Waals surface area contributed by atoms with Gasteiger partial charge in [0.25, 0.3) is 0 Å². The van der Waals surface area contributed by atoms with Crippen LogP contribution in [-0.4, -0.2) is 4.92 Å². The Labute approximate surface area is 126 Å². The van der Waals surface area contributed by atoms with Gasteiger partial charge in [0.15, 0.2) is 0 Å². The minimum absolute atomic E-state index is 0.147. The molecule has 0 saturated carbocycles. The van der Waals surface area contributed by atoms with E-state index >= 15 is 0 Å². The van der Waals surface area contributed by atoms with Crippen molar-refractivity contribution in [3.8, 4) is 0 Å². The highest BCUT2D eigenvalue weighted by Crippen LogP contribution is 2.25. The standard InChI is InChI=1S/C15H17FN2O2S/c1-2-5-12(14-8-4-9-21-14)17-10-11-6-3-7-13(15(11)16)18(19)20/h3-4,6-9,12,17H,2,5,10H2,1H3. The smallest absolute Gasteiger partial charge is 0.305 e. The van der Waals surface area contributed by atoms with Crippen molar-refractivity contribution >= 4 is 17.0 Å². The lowest BCUT2D eigenvalue weighted by Gasteiger charge is -2.17. The molecule has 1 atom stereocenters. The summed E-state index contributed by atoms with van der Waals surface area (Å²) in [5.74, 6) is -0.753. The Hall–Kier alpha value is -1.79. The minimum atomic E-state index is -0.753. The van der Waals surface area contributed by atoms with Crippen molar-refractivity contribution in [1.82, 2.24) is 5.32 Å². The lowest BCUT2D eigenvalue weighted by molar-refractivity contribution is -0.387. The molecule has 0 aliphatic heterocycles. The van der Waals surface area contributed by atoms with Crippen LogP contribution in [0, 0.1) is 15.9 Å². The van der Waals surface area contributed by atoms with E-state index in [9.17, 15) is 14.5 Å². The highest BCUT2D eigenvalue weighted by atomic mass is 32.1. The zero-order valence-corrected chi connectivity index (χ0v) is 12.5. The summed E-state index contributed by atoms with van der Waals surface area (Å²) < 4.78 is 14.0. The number of rotatable bonds is 7. The summed E-state index contributed by atoms with van der Waals surface area (Å²) in [6.07, 6.45) is 1.95. The number of hydrogen-bond acceptors (Lipinski definition) is 4. The molecule has 0 aliphatic rings. The van der Waals surface area contributed by atoms with Crippen molar-refractivity contribution in [2.24, 2.45) is 0 Å². The van der Waals surface area contributed by atoms with Gasteiger partial charge in [-0.15, -0.1) is 11.3 Å². The number of nitrogens with zero attached hydrogens (tertiary/aromatic N) is 1. The van der Waals surface area contributed by atoms with E-state index in [1.807, 2.05) is 17.5 Å². The Morgan fingerprint density at radius 1 is 1.38 bits per heavy atom. The molecule has 1 aromatic carbocycles. The average molecular weight is 308 g/mol. The normalized spacial score (nSPS) is 12.3. The first-order valence-corrected chi connectivity index (χ1v) is 7.70. The monoisotopic (exact) mass is 308 g/mol. The minimum Gasteiger partial charge on any atom is -0.305 e. The van der Waals surface area contributed by atoms with Crippen LogP contribution in [0.2, 0.25) is 0 Å². The molecule has 2 aromatic rings. The Kier molecular flexibility index (Phi) is 5.41. The van der Waals surface area contributed by atoms with Crippen LogP contribution in [0.5, 0.6) is 0 Å². The number of hydrogen-bond donors (Lipinski definition) is 1. The highest BCUT2D eigenvalue weighted by Gasteiger charge is 2.18. The molecule has 21 heavy (non-hydrogen) atoms. The van der Waals surface area contributed by atoms with Crippen LogP contribution < -0.4 is 5.32 Å². The van der Waals surface area contributed by atoms with Gasteiger partial charge in [0.05, 0.1) is 4.92 Å². The molecule has 0 spiro atoms. The van der Waals surface area contributed by atoms with Gasteiger partial charge in [0.1, 0.15) is 0 Å². The third-order valence-corrected chi connectivity index (χ3v) is 4.24. The Morgan fingerprint density at radius 3 is 2.81 bits per heavy atom. The number of nitrogens with one attached hydrogen (secondary N) is 1. The number of nitro benzene ring substituents is 1. The maximum Gasteiger partial charge on any atom is 0.305 e. The number of thiophene rings is 1. The topological polar surface area (TPSA) is 55.2 Å². The maximum absolute atomic E-state index is 14.0. The summed E-state index contributed by atoms with van der Waals surface area (Å²) in [5.41, 5.74) is -0.153. The van der Waals surface area contributed by atoms with Gasteiger partial charge in [-0.25, -0.2) is 0 Å². The van der Waals surface area contributed by atoms with E-state index in [1.165, 1.54) is 17.0 Å². The molecule has 6 heteroatoms. The molecule has 1 unspecified atom stereocenters. The quantitative estimate of drug-likeness (QED) is 0.608. The molecular formula is C15H17FN2O2S. The fraction of sp³-hybridized carbons (Fsp3) is 0.333. The fourth-order valence-corrected chi connectivity index (χ4v) is 3.04. The summed E-state index contributed by atoms with van der Waals surface area (Å²) in [6.45, 7) is 2.37. The fourth-order valence-electron chi connectivity index (χ4n) is 2.20. The van der Waals surface area contributed by atoms with Crippen LogP contribution >= 0.6 is 11.3 Å². The molecule has 0 fully saturated rings. The van der Waals surface area contributed by atoms with E-state index in [4.69, 9.17) is 0 Å². The van der Waals surface area contributed by atoms with Gasteiger partial charge in [-0.2, -0.15) is 4.39 Å². The molecule has 0 saturated heterocycles. The van der Waals surface area contributed by atoms with E-state index in [1.54, 1.807) is 17.4 Å². The third kappa shape index (κ3) is 3.86. The van der Waals surface area contributed by atoms with E-state index in [2.05, 4.69) is 12.2 Å². The van der Waals surface area contributed by atoms with Crippen LogP contribution in [0.15, 0.2) is 35.7 Å².